The van der Waals surface area contributed by atoms with E-state index in [4.69, 9.17) is 5.73 Å². The van der Waals surface area contributed by atoms with Crippen molar-refractivity contribution in [3.05, 3.63) is 17.8 Å². The molecule has 0 atom stereocenters. The zero-order chi connectivity index (χ0) is 7.56. The van der Waals surface area contributed by atoms with Gasteiger partial charge in [0.15, 0.2) is 5.82 Å². The number of nitrogen functional groups attached to an aromatic ring is 1. The van der Waals surface area contributed by atoms with E-state index in [1.165, 1.54) is 0 Å². The van der Waals surface area contributed by atoms with Crippen LogP contribution in [0, 0.1) is 0 Å². The number of nitrogens with two attached hydrogens (primary N) is 1. The van der Waals surface area contributed by atoms with E-state index in [1.54, 1.807) is 0 Å². The maximum atomic E-state index is 5.38. The smallest absolute Gasteiger partial charge is 0.191 e. The molecule has 1 rings (SSSR count). The Morgan fingerprint density at radius 1 is 1.70 bits per heavy atom. The molecule has 0 saturated carbocycles. The van der Waals surface area contributed by atoms with Crippen LogP contribution in [-0.2, 0) is 6.42 Å². The summed E-state index contributed by atoms with van der Waals surface area (Å²) >= 11 is 0. The first-order chi connectivity index (χ1) is 4.70. The molecule has 0 spiro atoms. The van der Waals surface area contributed by atoms with E-state index in [9.17, 15) is 0 Å². The predicted octanol–water partition coefficient (Wildman–Crippen LogP) is 0.770. The summed E-state index contributed by atoms with van der Waals surface area (Å²) in [5.74, 6) is 0.350. The lowest BCUT2D eigenvalue weighted by Crippen LogP contribution is -1.93. The lowest BCUT2D eigenvalue weighted by Gasteiger charge is -1.91. The third kappa shape index (κ3) is 1.34. The first kappa shape index (κ1) is 6.80. The van der Waals surface area contributed by atoms with E-state index < -0.39 is 0 Å². The van der Waals surface area contributed by atoms with Gasteiger partial charge in [-0.15, -0.1) is 0 Å². The highest BCUT2D eigenvalue weighted by Gasteiger charge is 2.04. The molecule has 0 bridgehead atoms. The van der Waals surface area contributed by atoms with Crippen LogP contribution in [0.15, 0.2) is 16.8 Å². The van der Waals surface area contributed by atoms with Crippen molar-refractivity contribution >= 4 is 5.82 Å². The number of hydrogen-bond donors (Lipinski definition) is 1. The molecule has 0 aromatic carbocycles. The van der Waals surface area contributed by atoms with Crippen molar-refractivity contribution in [3.63, 3.8) is 0 Å². The quantitative estimate of drug-likeness (QED) is 0.614. The number of hydrogen-bond acceptors (Lipinski definition) is 4. The van der Waals surface area contributed by atoms with Crippen LogP contribution in [0.5, 0.6) is 0 Å². The molecule has 0 fully saturated rings. The fourth-order valence-electron chi connectivity index (χ4n) is 0.622. The molecule has 0 amide bonds. The Morgan fingerprint density at radius 2 is 2.40 bits per heavy atom. The van der Waals surface area contributed by atoms with Crippen LogP contribution in [-0.4, -0.2) is 10.3 Å². The summed E-state index contributed by atoms with van der Waals surface area (Å²) in [5.41, 5.74) is 7.03. The summed E-state index contributed by atoms with van der Waals surface area (Å²) in [6.45, 7) is 5.60. The maximum Gasteiger partial charge on any atom is 0.191 e. The normalized spacial score (nSPS) is 9.70. The number of anilines is 1. The summed E-state index contributed by atoms with van der Waals surface area (Å²) in [7, 11) is 0. The highest BCUT2D eigenvalue weighted by atomic mass is 16.6. The zero-order valence-corrected chi connectivity index (χ0v) is 5.79. The Labute approximate surface area is 58.7 Å². The minimum Gasteiger partial charge on any atom is -0.379 e. The molecule has 0 radical (unpaired) electrons. The van der Waals surface area contributed by atoms with Crippen molar-refractivity contribution in [1.82, 2.24) is 10.3 Å². The molecule has 0 unspecified atom stereocenters. The number of nitrogens with zero attached hydrogens (tertiary/aromatic N) is 2. The van der Waals surface area contributed by atoms with Crippen molar-refractivity contribution in [2.75, 3.05) is 5.73 Å². The van der Waals surface area contributed by atoms with Gasteiger partial charge in [-0.25, -0.2) is 4.63 Å². The number of rotatable bonds is 2. The van der Waals surface area contributed by atoms with Crippen molar-refractivity contribution in [1.29, 1.82) is 0 Å². The van der Waals surface area contributed by atoms with Gasteiger partial charge in [0.25, 0.3) is 0 Å². The lowest BCUT2D eigenvalue weighted by molar-refractivity contribution is 0.305. The molecule has 1 aromatic rings. The van der Waals surface area contributed by atoms with Crippen LogP contribution in [0.1, 0.15) is 12.6 Å². The second kappa shape index (κ2) is 2.51. The second-order valence-electron chi connectivity index (χ2n) is 2.23. The Morgan fingerprint density at radius 3 is 2.80 bits per heavy atom. The van der Waals surface area contributed by atoms with Crippen molar-refractivity contribution in [2.24, 2.45) is 0 Å². The topological polar surface area (TPSA) is 64.9 Å². The molecule has 54 valence electrons. The zero-order valence-electron chi connectivity index (χ0n) is 5.79. The maximum absolute atomic E-state index is 5.38. The molecule has 4 nitrogen and oxygen atoms in total. The van der Waals surface area contributed by atoms with Gasteiger partial charge in [0.05, 0.1) is 0 Å². The van der Waals surface area contributed by atoms with Gasteiger partial charge in [-0.05, 0) is 12.1 Å². The predicted molar refractivity (Wildman–Crippen MR) is 37.2 cm³/mol. The number of aromatic nitrogens is 2. The van der Waals surface area contributed by atoms with Gasteiger partial charge in [0, 0.05) is 6.42 Å². The van der Waals surface area contributed by atoms with E-state index >= 15 is 0 Å². The SMILES string of the molecule is C=C(C)Cc1nonc1N. The Balaban J connectivity index is 2.74. The van der Waals surface area contributed by atoms with Crippen molar-refractivity contribution < 1.29 is 4.63 Å². The molecule has 2 N–H and O–H groups in total. The number of allylic oxidation sites excluding steroid dienone is 1. The second-order valence-corrected chi connectivity index (χ2v) is 2.23. The fraction of sp³-hybridized carbons (Fsp3) is 0.333. The van der Waals surface area contributed by atoms with Crippen LogP contribution < -0.4 is 5.73 Å². The molecular weight excluding hydrogens is 130 g/mol. The summed E-state index contributed by atoms with van der Waals surface area (Å²) in [4.78, 5) is 0. The molecule has 0 aliphatic carbocycles. The minimum atomic E-state index is 0.350. The van der Waals surface area contributed by atoms with E-state index in [0.29, 0.717) is 17.9 Å². The third-order valence-corrected chi connectivity index (χ3v) is 1.06. The van der Waals surface area contributed by atoms with Gasteiger partial charge in [-0.3, -0.25) is 0 Å². The Bertz CT molecular complexity index is 241. The first-order valence-corrected chi connectivity index (χ1v) is 2.91. The molecule has 0 aliphatic heterocycles. The first-order valence-electron chi connectivity index (χ1n) is 2.91. The molecule has 0 aliphatic rings. The molecular formula is C6H9N3O. The molecule has 10 heavy (non-hydrogen) atoms. The van der Waals surface area contributed by atoms with Gasteiger partial charge in [0.1, 0.15) is 5.69 Å². The standard InChI is InChI=1S/C6H9N3O/c1-4(2)3-5-6(7)9-10-8-5/h1,3H2,2H3,(H2,7,9). The average molecular weight is 139 g/mol. The van der Waals surface area contributed by atoms with Gasteiger partial charge >= 0.3 is 0 Å². The molecule has 4 heteroatoms. The van der Waals surface area contributed by atoms with Gasteiger partial charge < -0.3 is 5.73 Å². The summed E-state index contributed by atoms with van der Waals surface area (Å²) in [5, 5.41) is 7.00. The molecule has 1 heterocycles. The van der Waals surface area contributed by atoms with Crippen LogP contribution in [0.25, 0.3) is 0 Å². The van der Waals surface area contributed by atoms with Crippen LogP contribution in [0.2, 0.25) is 0 Å². The van der Waals surface area contributed by atoms with Gasteiger partial charge in [-0.2, -0.15) is 0 Å². The minimum absolute atomic E-state index is 0.350. The van der Waals surface area contributed by atoms with Gasteiger partial charge in [0.2, 0.25) is 0 Å². The third-order valence-electron chi connectivity index (χ3n) is 1.06. The lowest BCUT2D eigenvalue weighted by atomic mass is 10.2. The van der Waals surface area contributed by atoms with Crippen LogP contribution in [0.4, 0.5) is 5.82 Å². The average Bonchev–Trinajstić information content (AvgIpc) is 2.15. The molecule has 1 aromatic heterocycles. The fourth-order valence-corrected chi connectivity index (χ4v) is 0.622. The van der Waals surface area contributed by atoms with E-state index in [-0.39, 0.29) is 0 Å². The summed E-state index contributed by atoms with van der Waals surface area (Å²) in [6.07, 6.45) is 0.634. The van der Waals surface area contributed by atoms with Gasteiger partial charge in [-0.1, -0.05) is 17.3 Å². The van der Waals surface area contributed by atoms with Crippen LogP contribution in [0.3, 0.4) is 0 Å². The van der Waals surface area contributed by atoms with Crippen molar-refractivity contribution in [2.45, 2.75) is 13.3 Å². The van der Waals surface area contributed by atoms with E-state index in [2.05, 4.69) is 21.5 Å². The van der Waals surface area contributed by atoms with E-state index in [1.807, 2.05) is 6.92 Å². The van der Waals surface area contributed by atoms with Crippen molar-refractivity contribution in [3.8, 4) is 0 Å². The Kier molecular flexibility index (Phi) is 1.71. The molecule has 0 saturated heterocycles. The monoisotopic (exact) mass is 139 g/mol. The largest absolute Gasteiger partial charge is 0.379 e. The highest BCUT2D eigenvalue weighted by molar-refractivity contribution is 5.33. The Hall–Kier alpha value is -1.32. The summed E-state index contributed by atoms with van der Waals surface area (Å²) in [6, 6.07) is 0. The van der Waals surface area contributed by atoms with E-state index in [0.717, 1.165) is 5.57 Å². The van der Waals surface area contributed by atoms with Crippen LogP contribution >= 0.6 is 0 Å². The summed E-state index contributed by atoms with van der Waals surface area (Å²) < 4.78 is 4.38. The highest BCUT2D eigenvalue weighted by Crippen LogP contribution is 2.08.